The Morgan fingerprint density at radius 1 is 0.952 bits per heavy atom. The highest BCUT2D eigenvalue weighted by molar-refractivity contribution is 5.22. The summed E-state index contributed by atoms with van der Waals surface area (Å²) >= 11 is 0. The maximum Gasteiger partial charge on any atom is 0.0270 e. The van der Waals surface area contributed by atoms with Crippen LogP contribution >= 0.6 is 0 Å². The predicted octanol–water partition coefficient (Wildman–Crippen LogP) is 3.85. The van der Waals surface area contributed by atoms with Crippen molar-refractivity contribution in [3.05, 3.63) is 65.5 Å². The quantitative estimate of drug-likeness (QED) is 0.766. The molecule has 1 fully saturated rings. The van der Waals surface area contributed by atoms with Gasteiger partial charge in [0.25, 0.3) is 0 Å². The van der Waals surface area contributed by atoms with Crippen molar-refractivity contribution >= 4 is 0 Å². The molecule has 1 saturated carbocycles. The maximum atomic E-state index is 4.09. The van der Waals surface area contributed by atoms with Gasteiger partial charge in [0.1, 0.15) is 0 Å². The minimum Gasteiger partial charge on any atom is -0.296 e. The average Bonchev–Trinajstić information content (AvgIpc) is 3.38. The number of hydrogen-bond donors (Lipinski definition) is 0. The van der Waals surface area contributed by atoms with Gasteiger partial charge in [0, 0.05) is 31.5 Å². The summed E-state index contributed by atoms with van der Waals surface area (Å²) in [5.41, 5.74) is 4.25. The van der Waals surface area contributed by atoms with Crippen molar-refractivity contribution in [3.8, 4) is 0 Å². The maximum absolute atomic E-state index is 4.09. The molecule has 0 saturated heterocycles. The van der Waals surface area contributed by atoms with E-state index in [-0.39, 0.29) is 0 Å². The highest BCUT2D eigenvalue weighted by atomic mass is 15.2. The van der Waals surface area contributed by atoms with E-state index in [0.717, 1.165) is 32.0 Å². The third-order valence-corrected chi connectivity index (χ3v) is 4.32. The van der Waals surface area contributed by atoms with Crippen LogP contribution in [0.4, 0.5) is 0 Å². The summed E-state index contributed by atoms with van der Waals surface area (Å²) in [4.78, 5) is 6.73. The molecular formula is C19H24N2. The first-order valence-corrected chi connectivity index (χ1v) is 8.06. The van der Waals surface area contributed by atoms with Gasteiger partial charge in [-0.1, -0.05) is 31.2 Å². The lowest BCUT2D eigenvalue weighted by Crippen LogP contribution is -2.27. The second-order valence-corrected chi connectivity index (χ2v) is 5.98. The number of rotatable bonds is 7. The van der Waals surface area contributed by atoms with Gasteiger partial charge in [0.05, 0.1) is 0 Å². The predicted molar refractivity (Wildman–Crippen MR) is 87.2 cm³/mol. The number of aryl methyl sites for hydroxylation is 1. The van der Waals surface area contributed by atoms with Crippen LogP contribution in [-0.4, -0.2) is 22.5 Å². The number of pyridine rings is 1. The molecule has 21 heavy (non-hydrogen) atoms. The molecule has 0 unspecified atom stereocenters. The average molecular weight is 280 g/mol. The Bertz CT molecular complexity index is 544. The number of aromatic nitrogens is 1. The Balaban J connectivity index is 1.59. The molecule has 0 bridgehead atoms. The zero-order valence-corrected chi connectivity index (χ0v) is 12.8. The molecule has 1 aromatic heterocycles. The molecule has 0 N–H and O–H groups in total. The first-order valence-electron chi connectivity index (χ1n) is 8.06. The van der Waals surface area contributed by atoms with E-state index >= 15 is 0 Å². The van der Waals surface area contributed by atoms with Gasteiger partial charge in [-0.2, -0.15) is 0 Å². The third kappa shape index (κ3) is 4.15. The van der Waals surface area contributed by atoms with Crippen LogP contribution in [0.1, 0.15) is 36.5 Å². The fourth-order valence-corrected chi connectivity index (χ4v) is 2.77. The van der Waals surface area contributed by atoms with E-state index in [1.165, 1.54) is 29.5 Å². The zero-order chi connectivity index (χ0) is 14.5. The van der Waals surface area contributed by atoms with E-state index in [2.05, 4.69) is 53.2 Å². The molecule has 0 amide bonds. The second-order valence-electron chi connectivity index (χ2n) is 5.98. The van der Waals surface area contributed by atoms with E-state index in [9.17, 15) is 0 Å². The zero-order valence-electron chi connectivity index (χ0n) is 12.8. The summed E-state index contributed by atoms with van der Waals surface area (Å²) in [7, 11) is 0. The fraction of sp³-hybridized carbons (Fsp3) is 0.421. The van der Waals surface area contributed by atoms with Gasteiger partial charge in [0.2, 0.25) is 0 Å². The van der Waals surface area contributed by atoms with Crippen molar-refractivity contribution in [1.29, 1.82) is 0 Å². The molecule has 1 aliphatic rings. The molecule has 0 radical (unpaired) electrons. The van der Waals surface area contributed by atoms with Crippen LogP contribution in [0.25, 0.3) is 0 Å². The molecule has 2 heteroatoms. The van der Waals surface area contributed by atoms with Crippen LogP contribution in [0.2, 0.25) is 0 Å². The van der Waals surface area contributed by atoms with Crippen LogP contribution < -0.4 is 0 Å². The largest absolute Gasteiger partial charge is 0.296 e. The Kier molecular flexibility index (Phi) is 4.66. The van der Waals surface area contributed by atoms with Crippen molar-refractivity contribution in [2.45, 2.75) is 45.2 Å². The van der Waals surface area contributed by atoms with E-state index < -0.39 is 0 Å². The molecule has 1 aromatic carbocycles. The summed E-state index contributed by atoms with van der Waals surface area (Å²) in [6.07, 6.45) is 8.74. The Hall–Kier alpha value is -1.67. The van der Waals surface area contributed by atoms with E-state index in [1.807, 2.05) is 12.4 Å². The summed E-state index contributed by atoms with van der Waals surface area (Å²) in [6, 6.07) is 14.2. The molecule has 0 atom stereocenters. The highest BCUT2D eigenvalue weighted by Crippen LogP contribution is 2.28. The summed E-state index contributed by atoms with van der Waals surface area (Å²) in [5.74, 6) is 0. The molecule has 0 aliphatic heterocycles. The van der Waals surface area contributed by atoms with Crippen LogP contribution in [0.15, 0.2) is 48.8 Å². The first kappa shape index (κ1) is 14.3. The second kappa shape index (κ2) is 6.86. The van der Waals surface area contributed by atoms with Crippen molar-refractivity contribution in [2.24, 2.45) is 0 Å². The molecule has 1 heterocycles. The lowest BCUT2D eigenvalue weighted by Gasteiger charge is -2.22. The van der Waals surface area contributed by atoms with Crippen molar-refractivity contribution < 1.29 is 0 Å². The summed E-state index contributed by atoms with van der Waals surface area (Å²) in [5, 5.41) is 0. The summed E-state index contributed by atoms with van der Waals surface area (Å²) < 4.78 is 0. The molecule has 1 aliphatic carbocycles. The van der Waals surface area contributed by atoms with Gasteiger partial charge in [-0.15, -0.1) is 0 Å². The minimum atomic E-state index is 0.803. The molecular weight excluding hydrogens is 256 g/mol. The van der Waals surface area contributed by atoms with Crippen LogP contribution in [0.5, 0.6) is 0 Å². The fourth-order valence-electron chi connectivity index (χ4n) is 2.77. The van der Waals surface area contributed by atoms with Gasteiger partial charge in [-0.05, 0) is 54.5 Å². The van der Waals surface area contributed by atoms with Crippen molar-refractivity contribution in [1.82, 2.24) is 9.88 Å². The monoisotopic (exact) mass is 280 g/mol. The third-order valence-electron chi connectivity index (χ3n) is 4.32. The van der Waals surface area contributed by atoms with Crippen LogP contribution in [0, 0.1) is 0 Å². The first-order chi connectivity index (χ1) is 10.3. The van der Waals surface area contributed by atoms with Crippen LogP contribution in [-0.2, 0) is 19.4 Å². The van der Waals surface area contributed by atoms with E-state index in [0.29, 0.717) is 0 Å². The standard InChI is InChI=1S/C19H24N2/c1-2-16-3-5-18(6-4-16)15-21(19-7-8-19)14-11-17-9-12-20-13-10-17/h3-6,9-10,12-13,19H,2,7-8,11,14-15H2,1H3. The Labute approximate surface area is 127 Å². The normalized spacial score (nSPS) is 14.6. The smallest absolute Gasteiger partial charge is 0.0270 e. The highest BCUT2D eigenvalue weighted by Gasteiger charge is 2.28. The minimum absolute atomic E-state index is 0.803. The van der Waals surface area contributed by atoms with Crippen molar-refractivity contribution in [2.75, 3.05) is 6.54 Å². The summed E-state index contributed by atoms with van der Waals surface area (Å²) in [6.45, 7) is 4.43. The number of benzene rings is 1. The van der Waals surface area contributed by atoms with Gasteiger partial charge >= 0.3 is 0 Å². The molecule has 2 nitrogen and oxygen atoms in total. The van der Waals surface area contributed by atoms with Gasteiger partial charge in [-0.25, -0.2) is 0 Å². The molecule has 2 aromatic rings. The van der Waals surface area contributed by atoms with E-state index in [4.69, 9.17) is 0 Å². The Morgan fingerprint density at radius 2 is 1.62 bits per heavy atom. The number of hydrogen-bond acceptors (Lipinski definition) is 2. The molecule has 110 valence electrons. The van der Waals surface area contributed by atoms with Crippen LogP contribution in [0.3, 0.4) is 0 Å². The topological polar surface area (TPSA) is 16.1 Å². The molecule has 0 spiro atoms. The number of nitrogens with zero attached hydrogens (tertiary/aromatic N) is 2. The van der Waals surface area contributed by atoms with Gasteiger partial charge < -0.3 is 0 Å². The van der Waals surface area contributed by atoms with Gasteiger partial charge in [0.15, 0.2) is 0 Å². The Morgan fingerprint density at radius 3 is 2.24 bits per heavy atom. The lowest BCUT2D eigenvalue weighted by atomic mass is 10.1. The van der Waals surface area contributed by atoms with Gasteiger partial charge in [-0.3, -0.25) is 9.88 Å². The van der Waals surface area contributed by atoms with Crippen molar-refractivity contribution in [3.63, 3.8) is 0 Å². The SMILES string of the molecule is CCc1ccc(CN(CCc2ccncc2)C2CC2)cc1. The lowest BCUT2D eigenvalue weighted by molar-refractivity contribution is 0.258. The van der Waals surface area contributed by atoms with E-state index in [1.54, 1.807) is 0 Å². The molecule has 3 rings (SSSR count).